The molecule has 0 aliphatic rings. The van der Waals surface area contributed by atoms with Gasteiger partial charge in [-0.05, 0) is 35.9 Å². The van der Waals surface area contributed by atoms with Crippen LogP contribution in [0, 0.1) is 0 Å². The first-order valence-corrected chi connectivity index (χ1v) is 9.50. The van der Waals surface area contributed by atoms with Crippen LogP contribution < -0.4 is 5.01 Å². The number of anilines is 1. The van der Waals surface area contributed by atoms with Gasteiger partial charge in [0, 0.05) is 6.20 Å². The number of alkyl halides is 3. The number of esters is 1. The molecule has 1 heterocycles. The first-order chi connectivity index (χ1) is 15.2. The van der Waals surface area contributed by atoms with Gasteiger partial charge in [0.1, 0.15) is 5.15 Å². The summed E-state index contributed by atoms with van der Waals surface area (Å²) in [5.41, 5.74) is -0.421. The molecule has 0 radical (unpaired) electrons. The molecule has 0 bridgehead atoms. The van der Waals surface area contributed by atoms with Crippen molar-refractivity contribution >= 4 is 35.4 Å². The maximum absolute atomic E-state index is 13.1. The third-order valence-corrected chi connectivity index (χ3v) is 4.29. The minimum Gasteiger partial charge on any atom is -0.452 e. The molecule has 0 fully saturated rings. The van der Waals surface area contributed by atoms with Crippen molar-refractivity contribution in [3.8, 4) is 0 Å². The van der Waals surface area contributed by atoms with Crippen molar-refractivity contribution in [2.24, 2.45) is 5.10 Å². The molecule has 164 valence electrons. The van der Waals surface area contributed by atoms with Gasteiger partial charge >= 0.3 is 12.1 Å². The molecule has 0 spiro atoms. The lowest BCUT2D eigenvalue weighted by molar-refractivity contribution is -0.137. The van der Waals surface area contributed by atoms with E-state index in [2.05, 4.69) is 10.1 Å². The molecule has 10 heteroatoms. The SMILES string of the molecule is O=C(OCC(=O)N(/N=C/c1ccccc1)c1cccc(C(F)(F)F)c1)c1ccc(Cl)nc1. The van der Waals surface area contributed by atoms with Crippen LogP contribution in [0.25, 0.3) is 0 Å². The third kappa shape index (κ3) is 6.14. The van der Waals surface area contributed by atoms with Crippen LogP contribution in [0.1, 0.15) is 21.5 Å². The smallest absolute Gasteiger partial charge is 0.416 e. The Hall–Kier alpha value is -3.72. The lowest BCUT2D eigenvalue weighted by atomic mass is 10.2. The zero-order valence-electron chi connectivity index (χ0n) is 16.3. The van der Waals surface area contributed by atoms with E-state index in [1.165, 1.54) is 30.6 Å². The molecule has 0 saturated carbocycles. The van der Waals surface area contributed by atoms with Crippen molar-refractivity contribution in [2.45, 2.75) is 6.18 Å². The number of pyridine rings is 1. The van der Waals surface area contributed by atoms with Gasteiger partial charge in [0.15, 0.2) is 6.61 Å². The molecule has 1 aromatic heterocycles. The Morgan fingerprint density at radius 1 is 1.06 bits per heavy atom. The van der Waals surface area contributed by atoms with Crippen molar-refractivity contribution in [3.05, 3.63) is 94.8 Å². The Balaban J connectivity index is 1.83. The van der Waals surface area contributed by atoms with E-state index in [9.17, 15) is 22.8 Å². The lowest BCUT2D eigenvalue weighted by Gasteiger charge is -2.18. The Kier molecular flexibility index (Phi) is 7.21. The number of aromatic nitrogens is 1. The van der Waals surface area contributed by atoms with Gasteiger partial charge in [-0.25, -0.2) is 9.78 Å². The second kappa shape index (κ2) is 10.1. The molecule has 32 heavy (non-hydrogen) atoms. The van der Waals surface area contributed by atoms with E-state index in [0.29, 0.717) is 5.56 Å². The van der Waals surface area contributed by atoms with E-state index in [-0.39, 0.29) is 16.4 Å². The number of benzene rings is 2. The Bertz CT molecular complexity index is 1120. The second-order valence-electron chi connectivity index (χ2n) is 6.35. The standard InChI is InChI=1S/C22H15ClF3N3O3/c23-19-10-9-16(13-27-19)21(31)32-14-20(30)29(28-12-15-5-2-1-3-6-15)18-8-4-7-17(11-18)22(24,25)26/h1-13H,14H2/b28-12+. The van der Waals surface area contributed by atoms with Crippen LogP contribution in [0.5, 0.6) is 0 Å². The first kappa shape index (κ1) is 23.0. The van der Waals surface area contributed by atoms with E-state index in [1.807, 2.05) is 0 Å². The highest BCUT2D eigenvalue weighted by molar-refractivity contribution is 6.29. The minimum atomic E-state index is -4.61. The van der Waals surface area contributed by atoms with Gasteiger partial charge in [-0.1, -0.05) is 48.0 Å². The van der Waals surface area contributed by atoms with E-state index >= 15 is 0 Å². The quantitative estimate of drug-likeness (QED) is 0.225. The van der Waals surface area contributed by atoms with E-state index in [1.54, 1.807) is 30.3 Å². The van der Waals surface area contributed by atoms with E-state index in [4.69, 9.17) is 16.3 Å². The van der Waals surface area contributed by atoms with Gasteiger partial charge in [-0.2, -0.15) is 23.3 Å². The van der Waals surface area contributed by atoms with E-state index < -0.39 is 30.2 Å². The number of carbonyl (C=O) groups is 2. The van der Waals surface area contributed by atoms with Gasteiger partial charge < -0.3 is 4.74 Å². The molecular formula is C22H15ClF3N3O3. The third-order valence-electron chi connectivity index (χ3n) is 4.07. The summed E-state index contributed by atoms with van der Waals surface area (Å²) >= 11 is 5.66. The molecule has 0 unspecified atom stereocenters. The number of hydrazone groups is 1. The summed E-state index contributed by atoms with van der Waals surface area (Å²) < 4.78 is 44.4. The van der Waals surface area contributed by atoms with Gasteiger partial charge in [0.05, 0.1) is 23.0 Å². The molecular weight excluding hydrogens is 447 g/mol. The number of hydrogen-bond acceptors (Lipinski definition) is 5. The zero-order chi connectivity index (χ0) is 23.1. The number of halogens is 4. The Morgan fingerprint density at radius 2 is 1.81 bits per heavy atom. The van der Waals surface area contributed by atoms with Gasteiger partial charge in [0.2, 0.25) is 0 Å². The maximum Gasteiger partial charge on any atom is 0.416 e. The molecule has 0 atom stereocenters. The van der Waals surface area contributed by atoms with Crippen molar-refractivity contribution in [2.75, 3.05) is 11.6 Å². The monoisotopic (exact) mass is 461 g/mol. The van der Waals surface area contributed by atoms with Crippen molar-refractivity contribution in [1.82, 2.24) is 4.98 Å². The summed E-state index contributed by atoms with van der Waals surface area (Å²) in [4.78, 5) is 28.6. The van der Waals surface area contributed by atoms with Gasteiger partial charge in [0.25, 0.3) is 5.91 Å². The summed E-state index contributed by atoms with van der Waals surface area (Å²) in [6.07, 6.45) is -2.13. The highest BCUT2D eigenvalue weighted by Crippen LogP contribution is 2.31. The lowest BCUT2D eigenvalue weighted by Crippen LogP contribution is -2.31. The summed E-state index contributed by atoms with van der Waals surface area (Å²) in [7, 11) is 0. The Morgan fingerprint density at radius 3 is 2.47 bits per heavy atom. The Labute approximate surface area is 185 Å². The average Bonchev–Trinajstić information content (AvgIpc) is 2.78. The highest BCUT2D eigenvalue weighted by Gasteiger charge is 2.31. The summed E-state index contributed by atoms with van der Waals surface area (Å²) in [5.74, 6) is -1.70. The fourth-order valence-electron chi connectivity index (χ4n) is 2.52. The van der Waals surface area contributed by atoms with Crippen LogP contribution in [0.2, 0.25) is 5.15 Å². The number of hydrogen-bond donors (Lipinski definition) is 0. The number of rotatable bonds is 6. The summed E-state index contributed by atoms with van der Waals surface area (Å²) in [6.45, 7) is -0.760. The fourth-order valence-corrected chi connectivity index (χ4v) is 2.63. The van der Waals surface area contributed by atoms with Crippen LogP contribution in [-0.4, -0.2) is 29.7 Å². The molecule has 0 aliphatic heterocycles. The molecule has 3 aromatic rings. The molecule has 1 amide bonds. The van der Waals surface area contributed by atoms with Crippen LogP contribution >= 0.6 is 11.6 Å². The van der Waals surface area contributed by atoms with Crippen molar-refractivity contribution < 1.29 is 27.5 Å². The number of amides is 1. The van der Waals surface area contributed by atoms with Crippen LogP contribution in [0.4, 0.5) is 18.9 Å². The molecule has 6 nitrogen and oxygen atoms in total. The predicted octanol–water partition coefficient (Wildman–Crippen LogP) is 4.98. The van der Waals surface area contributed by atoms with Gasteiger partial charge in [-0.3, -0.25) is 4.79 Å². The first-order valence-electron chi connectivity index (χ1n) is 9.12. The van der Waals surface area contributed by atoms with Crippen molar-refractivity contribution in [1.29, 1.82) is 0 Å². The maximum atomic E-state index is 13.1. The minimum absolute atomic E-state index is 0.0561. The topological polar surface area (TPSA) is 71.9 Å². The molecule has 3 rings (SSSR count). The number of nitrogens with zero attached hydrogens (tertiary/aromatic N) is 3. The van der Waals surface area contributed by atoms with E-state index in [0.717, 1.165) is 23.2 Å². The summed E-state index contributed by atoms with van der Waals surface area (Å²) in [6, 6.07) is 15.5. The number of carbonyl (C=O) groups excluding carboxylic acids is 2. The predicted molar refractivity (Wildman–Crippen MR) is 112 cm³/mol. The summed E-state index contributed by atoms with van der Waals surface area (Å²) in [5, 5.41) is 4.94. The van der Waals surface area contributed by atoms with Crippen molar-refractivity contribution in [3.63, 3.8) is 0 Å². The fraction of sp³-hybridized carbons (Fsp3) is 0.0909. The van der Waals surface area contributed by atoms with Crippen LogP contribution in [0.3, 0.4) is 0 Å². The normalized spacial score (nSPS) is 11.4. The molecule has 0 N–H and O–H groups in total. The van der Waals surface area contributed by atoms with Crippen LogP contribution in [-0.2, 0) is 15.7 Å². The highest BCUT2D eigenvalue weighted by atomic mass is 35.5. The second-order valence-corrected chi connectivity index (χ2v) is 6.74. The molecule has 2 aromatic carbocycles. The van der Waals surface area contributed by atoms with Crippen LogP contribution in [0.15, 0.2) is 78.0 Å². The van der Waals surface area contributed by atoms with Gasteiger partial charge in [-0.15, -0.1) is 0 Å². The largest absolute Gasteiger partial charge is 0.452 e. The average molecular weight is 462 g/mol. The zero-order valence-corrected chi connectivity index (χ0v) is 17.0. The number of ether oxygens (including phenoxy) is 1. The molecule has 0 saturated heterocycles. The molecule has 0 aliphatic carbocycles.